The lowest BCUT2D eigenvalue weighted by molar-refractivity contribution is -0.0503. The van der Waals surface area contributed by atoms with Crippen LogP contribution < -0.4 is 15.2 Å². The molecule has 1 aliphatic rings. The van der Waals surface area contributed by atoms with Crippen LogP contribution in [0.2, 0.25) is 0 Å². The van der Waals surface area contributed by atoms with Crippen LogP contribution >= 0.6 is 15.9 Å². The number of rotatable bonds is 7. The number of aromatic nitrogens is 3. The van der Waals surface area contributed by atoms with E-state index >= 15 is 0 Å². The van der Waals surface area contributed by atoms with Crippen LogP contribution in [0.1, 0.15) is 27.0 Å². The number of fused-ring (bicyclic) bond motifs is 1. The molecule has 0 bridgehead atoms. The minimum absolute atomic E-state index is 0.0378. The molecule has 38 heavy (non-hydrogen) atoms. The van der Waals surface area contributed by atoms with E-state index in [1.165, 1.54) is 35.3 Å². The Morgan fingerprint density at radius 1 is 1.16 bits per heavy atom. The van der Waals surface area contributed by atoms with E-state index in [0.717, 1.165) is 17.7 Å². The second-order valence-electron chi connectivity index (χ2n) is 8.35. The van der Waals surface area contributed by atoms with Gasteiger partial charge in [-0.3, -0.25) is 4.79 Å². The van der Waals surface area contributed by atoms with E-state index in [9.17, 15) is 22.4 Å². The predicted octanol–water partition coefficient (Wildman–Crippen LogP) is 6.41. The Labute approximate surface area is 221 Å². The van der Waals surface area contributed by atoms with Gasteiger partial charge in [-0.15, -0.1) is 0 Å². The summed E-state index contributed by atoms with van der Waals surface area (Å²) in [6.07, 6.45) is 4.54. The molecule has 2 N–H and O–H groups in total. The number of Topliss-reactive ketones (excluding diaryl/α,β-unsaturated/α-hetero) is 1. The average molecular weight is 589 g/mol. The van der Waals surface area contributed by atoms with Crippen LogP contribution in [0.4, 0.5) is 23.4 Å². The Hall–Kier alpha value is -4.19. The number of halogens is 5. The summed E-state index contributed by atoms with van der Waals surface area (Å²) in [5.74, 6) is -2.74. The molecule has 5 rings (SSSR count). The first kappa shape index (κ1) is 25.5. The summed E-state index contributed by atoms with van der Waals surface area (Å²) in [7, 11) is 0. The molecule has 0 saturated carbocycles. The Bertz CT molecular complexity index is 1600. The van der Waals surface area contributed by atoms with Crippen molar-refractivity contribution >= 4 is 33.6 Å². The number of benzene rings is 2. The molecule has 0 unspecified atom stereocenters. The van der Waals surface area contributed by atoms with Gasteiger partial charge in [-0.05, 0) is 69.9 Å². The second-order valence-corrected chi connectivity index (χ2v) is 9.21. The maximum Gasteiger partial charge on any atom is 0.387 e. The third-order valence-corrected chi connectivity index (χ3v) is 6.49. The van der Waals surface area contributed by atoms with Crippen LogP contribution in [0.5, 0.6) is 17.4 Å². The lowest BCUT2D eigenvalue weighted by Gasteiger charge is -2.11. The molecule has 0 spiro atoms. The van der Waals surface area contributed by atoms with Crippen molar-refractivity contribution in [1.82, 2.24) is 14.8 Å². The van der Waals surface area contributed by atoms with Gasteiger partial charge in [-0.25, -0.2) is 18.4 Å². The van der Waals surface area contributed by atoms with Gasteiger partial charge in [0.15, 0.2) is 17.4 Å². The summed E-state index contributed by atoms with van der Waals surface area (Å²) < 4.78 is 64.6. The highest BCUT2D eigenvalue weighted by Gasteiger charge is 2.26. The smallest absolute Gasteiger partial charge is 0.387 e. The number of pyridine rings is 1. The quantitative estimate of drug-likeness (QED) is 0.198. The molecule has 12 heteroatoms. The number of ether oxygens (including phenoxy) is 2. The summed E-state index contributed by atoms with van der Waals surface area (Å²) in [6.45, 7) is -1.29. The summed E-state index contributed by atoms with van der Waals surface area (Å²) in [5, 5.41) is 4.22. The molecule has 2 aromatic carbocycles. The molecule has 4 aromatic rings. The maximum absolute atomic E-state index is 13.9. The SMILES string of the molecule is Cc1cc(Oc2c(F)cccc2F)ncc1-n1ncc(C(=O)C2=Cc3cc(OC(F)F)c(Br)cc3C2)c1N. The summed E-state index contributed by atoms with van der Waals surface area (Å²) >= 11 is 3.21. The van der Waals surface area contributed by atoms with Crippen molar-refractivity contribution in [1.29, 1.82) is 0 Å². The largest absolute Gasteiger partial charge is 0.434 e. The number of para-hydroxylation sites is 1. The minimum atomic E-state index is -2.99. The molecule has 0 radical (unpaired) electrons. The van der Waals surface area contributed by atoms with Crippen molar-refractivity contribution in [3.05, 3.63) is 92.7 Å². The van der Waals surface area contributed by atoms with Crippen LogP contribution in [0.3, 0.4) is 0 Å². The average Bonchev–Trinajstić information content (AvgIpc) is 3.44. The fraction of sp³-hybridized carbons (Fsp3) is 0.115. The lowest BCUT2D eigenvalue weighted by atomic mass is 10.0. The van der Waals surface area contributed by atoms with Crippen LogP contribution in [-0.4, -0.2) is 27.2 Å². The zero-order valence-electron chi connectivity index (χ0n) is 19.5. The van der Waals surface area contributed by atoms with Gasteiger partial charge < -0.3 is 15.2 Å². The molecule has 0 aliphatic heterocycles. The standard InChI is InChI=1S/C26H17BrF4N4O3/c1-12-5-22(38-24-18(28)3-2-4-19(24)29)33-11-20(12)35-25(32)16(10-34-35)23(36)15-6-13-8-17(27)21(37-26(30)31)9-14(13)7-15/h2-5,7-11,26H,6,32H2,1H3. The normalized spacial score (nSPS) is 12.4. The molecular formula is C26H17BrF4N4O3. The molecule has 0 amide bonds. The van der Waals surface area contributed by atoms with Gasteiger partial charge >= 0.3 is 6.61 Å². The van der Waals surface area contributed by atoms with Crippen LogP contribution in [-0.2, 0) is 6.42 Å². The minimum Gasteiger partial charge on any atom is -0.434 e. The maximum atomic E-state index is 13.9. The number of carbonyl (C=O) groups excluding carboxylic acids is 1. The van der Waals surface area contributed by atoms with Gasteiger partial charge in [0.1, 0.15) is 11.6 Å². The van der Waals surface area contributed by atoms with Gasteiger partial charge in [-0.1, -0.05) is 6.07 Å². The van der Waals surface area contributed by atoms with Crippen molar-refractivity contribution in [3.8, 4) is 23.1 Å². The Morgan fingerprint density at radius 2 is 1.89 bits per heavy atom. The van der Waals surface area contributed by atoms with Gasteiger partial charge in [0.25, 0.3) is 0 Å². The molecule has 2 heterocycles. The molecule has 1 aliphatic carbocycles. The molecular weight excluding hydrogens is 572 g/mol. The number of allylic oxidation sites excluding steroid dienone is 1. The highest BCUT2D eigenvalue weighted by atomic mass is 79.9. The van der Waals surface area contributed by atoms with Gasteiger partial charge in [-0.2, -0.15) is 13.9 Å². The molecule has 0 saturated heterocycles. The third kappa shape index (κ3) is 4.74. The Morgan fingerprint density at radius 3 is 2.58 bits per heavy atom. The highest BCUT2D eigenvalue weighted by molar-refractivity contribution is 9.10. The number of carbonyl (C=O) groups is 1. The number of hydrogen-bond acceptors (Lipinski definition) is 6. The molecule has 194 valence electrons. The van der Waals surface area contributed by atoms with E-state index in [1.54, 1.807) is 19.1 Å². The fourth-order valence-corrected chi connectivity index (χ4v) is 4.54. The van der Waals surface area contributed by atoms with Crippen LogP contribution in [0, 0.1) is 18.6 Å². The van der Waals surface area contributed by atoms with E-state index in [-0.39, 0.29) is 35.2 Å². The number of aryl methyl sites for hydroxylation is 1. The lowest BCUT2D eigenvalue weighted by Crippen LogP contribution is -2.09. The number of nitrogen functional groups attached to an aromatic ring is 1. The monoisotopic (exact) mass is 588 g/mol. The second kappa shape index (κ2) is 9.93. The van der Waals surface area contributed by atoms with Gasteiger partial charge in [0, 0.05) is 18.1 Å². The predicted molar refractivity (Wildman–Crippen MR) is 134 cm³/mol. The molecule has 0 fully saturated rings. The van der Waals surface area contributed by atoms with E-state index in [2.05, 4.69) is 30.7 Å². The van der Waals surface area contributed by atoms with E-state index in [1.807, 2.05) is 0 Å². The Kier molecular flexibility index (Phi) is 6.66. The van der Waals surface area contributed by atoms with Gasteiger partial charge in [0.05, 0.1) is 28.1 Å². The fourth-order valence-electron chi connectivity index (χ4n) is 4.06. The van der Waals surface area contributed by atoms with Crippen molar-refractivity contribution in [2.45, 2.75) is 20.0 Å². The third-order valence-electron chi connectivity index (χ3n) is 5.87. The zero-order valence-corrected chi connectivity index (χ0v) is 21.1. The number of alkyl halides is 2. The number of nitrogens with zero attached hydrogens (tertiary/aromatic N) is 3. The summed E-state index contributed by atoms with van der Waals surface area (Å²) in [6, 6.07) is 7.87. The van der Waals surface area contributed by atoms with Crippen LogP contribution in [0.25, 0.3) is 11.8 Å². The topological polar surface area (TPSA) is 92.3 Å². The Balaban J connectivity index is 1.39. The van der Waals surface area contributed by atoms with E-state index in [4.69, 9.17) is 10.5 Å². The van der Waals surface area contributed by atoms with E-state index < -0.39 is 24.0 Å². The van der Waals surface area contributed by atoms with Crippen molar-refractivity contribution < 1.29 is 31.8 Å². The van der Waals surface area contributed by atoms with Crippen molar-refractivity contribution in [3.63, 3.8) is 0 Å². The highest BCUT2D eigenvalue weighted by Crippen LogP contribution is 2.37. The van der Waals surface area contributed by atoms with Crippen molar-refractivity contribution in [2.24, 2.45) is 0 Å². The molecule has 0 atom stereocenters. The molecule has 7 nitrogen and oxygen atoms in total. The number of ketones is 1. The molecule has 2 aromatic heterocycles. The van der Waals surface area contributed by atoms with Gasteiger partial charge in [0.2, 0.25) is 11.6 Å². The summed E-state index contributed by atoms with van der Waals surface area (Å²) in [4.78, 5) is 17.4. The number of anilines is 1. The number of hydrogen-bond donors (Lipinski definition) is 1. The van der Waals surface area contributed by atoms with Crippen molar-refractivity contribution in [2.75, 3.05) is 5.73 Å². The van der Waals surface area contributed by atoms with Crippen LogP contribution in [0.15, 0.2) is 58.8 Å². The number of nitrogens with two attached hydrogens (primary N) is 1. The van der Waals surface area contributed by atoms with E-state index in [0.29, 0.717) is 26.9 Å². The first-order valence-corrected chi connectivity index (χ1v) is 11.9. The first-order chi connectivity index (χ1) is 18.1. The first-order valence-electron chi connectivity index (χ1n) is 11.1. The summed E-state index contributed by atoms with van der Waals surface area (Å²) in [5.41, 5.74) is 9.13. The zero-order chi connectivity index (χ0) is 27.1.